The van der Waals surface area contributed by atoms with Crippen LogP contribution in [-0.4, -0.2) is 37.4 Å². The van der Waals surface area contributed by atoms with Gasteiger partial charge in [0, 0.05) is 18.8 Å². The van der Waals surface area contributed by atoms with Gasteiger partial charge in [0.15, 0.2) is 0 Å². The zero-order valence-corrected chi connectivity index (χ0v) is 17.3. The van der Waals surface area contributed by atoms with E-state index in [1.54, 1.807) is 12.1 Å². The first-order valence-electron chi connectivity index (χ1n) is 9.95. The molecule has 1 aliphatic heterocycles. The van der Waals surface area contributed by atoms with Crippen LogP contribution in [0.5, 0.6) is 0 Å². The second-order valence-corrected chi connectivity index (χ2v) is 8.31. The Bertz CT molecular complexity index is 821. The zero-order chi connectivity index (χ0) is 20.9. The molecule has 0 saturated heterocycles. The molecule has 0 aromatic heterocycles. The number of carbonyl (C=O) groups is 1. The van der Waals surface area contributed by atoms with Gasteiger partial charge in [-0.3, -0.25) is 0 Å². The molecule has 3 rings (SSSR count). The van der Waals surface area contributed by atoms with E-state index >= 15 is 0 Å². The van der Waals surface area contributed by atoms with Crippen LogP contribution in [-0.2, 0) is 22.5 Å². The van der Waals surface area contributed by atoms with Gasteiger partial charge in [0.2, 0.25) is 0 Å². The third-order valence-electron chi connectivity index (χ3n) is 4.63. The van der Waals surface area contributed by atoms with Gasteiger partial charge in [-0.2, -0.15) is 0 Å². The number of nitrogens with one attached hydrogen (secondary N) is 1. The van der Waals surface area contributed by atoms with E-state index in [4.69, 9.17) is 9.47 Å². The van der Waals surface area contributed by atoms with Crippen LogP contribution in [0.1, 0.15) is 31.9 Å². The fourth-order valence-electron chi connectivity index (χ4n) is 3.40. The number of hydrogen-bond donors (Lipinski definition) is 1. The van der Waals surface area contributed by atoms with E-state index in [9.17, 15) is 9.18 Å². The molecule has 1 amide bonds. The Labute approximate surface area is 171 Å². The molecule has 2 aromatic rings. The Balaban J connectivity index is 1.63. The minimum absolute atomic E-state index is 0.222. The van der Waals surface area contributed by atoms with Gasteiger partial charge in [-0.1, -0.05) is 30.3 Å². The van der Waals surface area contributed by atoms with Crippen molar-refractivity contribution in [2.24, 2.45) is 0 Å². The van der Waals surface area contributed by atoms with Crippen molar-refractivity contribution in [3.8, 4) is 0 Å². The van der Waals surface area contributed by atoms with Gasteiger partial charge >= 0.3 is 6.09 Å². The highest BCUT2D eigenvalue weighted by atomic mass is 19.1. The quantitative estimate of drug-likeness (QED) is 0.753. The summed E-state index contributed by atoms with van der Waals surface area (Å²) in [6.45, 7) is 7.66. The number of anilines is 1. The molecule has 0 fully saturated rings. The Morgan fingerprint density at radius 2 is 1.97 bits per heavy atom. The topological polar surface area (TPSA) is 50.8 Å². The second kappa shape index (κ2) is 9.27. The summed E-state index contributed by atoms with van der Waals surface area (Å²) in [5, 5.41) is 2.93. The van der Waals surface area contributed by atoms with Crippen LogP contribution in [0.2, 0.25) is 0 Å². The lowest BCUT2D eigenvalue weighted by Crippen LogP contribution is -2.47. The fraction of sp³-hybridized carbons (Fsp3) is 0.435. The Kier molecular flexibility index (Phi) is 6.75. The number of carbonyl (C=O) groups excluding carboxylic acids is 1. The Morgan fingerprint density at radius 1 is 1.21 bits per heavy atom. The predicted molar refractivity (Wildman–Crippen MR) is 112 cm³/mol. The highest BCUT2D eigenvalue weighted by Crippen LogP contribution is 2.28. The summed E-state index contributed by atoms with van der Waals surface area (Å²) in [7, 11) is 0. The van der Waals surface area contributed by atoms with Crippen LogP contribution >= 0.6 is 0 Å². The molecular formula is C23H29FN2O3. The molecule has 1 unspecified atom stereocenters. The van der Waals surface area contributed by atoms with Crippen molar-refractivity contribution < 1.29 is 18.7 Å². The zero-order valence-electron chi connectivity index (χ0n) is 17.3. The first kappa shape index (κ1) is 21.1. The van der Waals surface area contributed by atoms with Gasteiger partial charge in [-0.15, -0.1) is 0 Å². The number of fused-ring (bicyclic) bond motifs is 1. The number of benzene rings is 2. The summed E-state index contributed by atoms with van der Waals surface area (Å²) in [5.74, 6) is -0.222. The van der Waals surface area contributed by atoms with Crippen LogP contribution in [0.4, 0.5) is 14.9 Å². The monoisotopic (exact) mass is 400 g/mol. The highest BCUT2D eigenvalue weighted by Gasteiger charge is 2.25. The number of amides is 1. The molecule has 29 heavy (non-hydrogen) atoms. The van der Waals surface area contributed by atoms with Crippen molar-refractivity contribution in [1.29, 1.82) is 0 Å². The maximum Gasteiger partial charge on any atom is 0.408 e. The van der Waals surface area contributed by atoms with Gasteiger partial charge in [0.1, 0.15) is 11.4 Å². The third-order valence-corrected chi connectivity index (χ3v) is 4.63. The molecule has 1 atom stereocenters. The number of halogens is 1. The molecular weight excluding hydrogens is 371 g/mol. The standard InChI is InChI=1S/C23H29FN2O3/c1-23(2,3)29-22(27)25-20(16-28-15-17-7-5-4-6-8-17)14-26-12-11-18-13-19(24)9-10-21(18)26/h4-10,13,20H,11-12,14-16H2,1-3H3,(H,25,27). The molecule has 0 bridgehead atoms. The molecule has 5 nitrogen and oxygen atoms in total. The van der Waals surface area contributed by atoms with E-state index < -0.39 is 11.7 Å². The van der Waals surface area contributed by atoms with E-state index in [1.807, 2.05) is 51.1 Å². The van der Waals surface area contributed by atoms with Crippen molar-refractivity contribution in [3.63, 3.8) is 0 Å². The molecule has 1 N–H and O–H groups in total. The molecule has 0 spiro atoms. The predicted octanol–water partition coefficient (Wildman–Crippen LogP) is 4.30. The molecule has 1 heterocycles. The molecule has 2 aromatic carbocycles. The van der Waals surface area contributed by atoms with Gasteiger partial charge in [0.05, 0.1) is 19.3 Å². The summed E-state index contributed by atoms with van der Waals surface area (Å²) in [6, 6.07) is 14.5. The maximum atomic E-state index is 13.5. The number of ether oxygens (including phenoxy) is 2. The Morgan fingerprint density at radius 3 is 2.69 bits per heavy atom. The van der Waals surface area contributed by atoms with Crippen molar-refractivity contribution in [3.05, 3.63) is 65.5 Å². The van der Waals surface area contributed by atoms with Crippen molar-refractivity contribution in [2.75, 3.05) is 24.6 Å². The average molecular weight is 400 g/mol. The molecule has 0 aliphatic carbocycles. The van der Waals surface area contributed by atoms with E-state index in [0.717, 1.165) is 29.8 Å². The first-order chi connectivity index (χ1) is 13.8. The smallest absolute Gasteiger partial charge is 0.408 e. The fourth-order valence-corrected chi connectivity index (χ4v) is 3.40. The van der Waals surface area contributed by atoms with Crippen molar-refractivity contribution in [1.82, 2.24) is 5.32 Å². The second-order valence-electron chi connectivity index (χ2n) is 8.31. The van der Waals surface area contributed by atoms with E-state index in [1.165, 1.54) is 6.07 Å². The van der Waals surface area contributed by atoms with Crippen molar-refractivity contribution >= 4 is 11.8 Å². The number of rotatable bonds is 7. The normalized spacial score (nSPS) is 14.4. The van der Waals surface area contributed by atoms with E-state index in [0.29, 0.717) is 19.8 Å². The van der Waals surface area contributed by atoms with Gasteiger partial charge < -0.3 is 19.7 Å². The maximum absolute atomic E-state index is 13.5. The summed E-state index contributed by atoms with van der Waals surface area (Å²) >= 11 is 0. The van der Waals surface area contributed by atoms with Gasteiger partial charge in [-0.05, 0) is 56.5 Å². The SMILES string of the molecule is CC(C)(C)OC(=O)NC(COCc1ccccc1)CN1CCc2cc(F)ccc21. The van der Waals surface area contributed by atoms with Crippen LogP contribution in [0, 0.1) is 5.82 Å². The van der Waals surface area contributed by atoms with Crippen LogP contribution in [0.3, 0.4) is 0 Å². The number of alkyl carbamates (subject to hydrolysis) is 1. The third kappa shape index (κ3) is 6.46. The van der Waals surface area contributed by atoms with E-state index in [2.05, 4.69) is 10.2 Å². The summed E-state index contributed by atoms with van der Waals surface area (Å²) in [5.41, 5.74) is 2.50. The van der Waals surface area contributed by atoms with Crippen LogP contribution in [0.25, 0.3) is 0 Å². The summed E-state index contributed by atoms with van der Waals surface area (Å²) in [6.07, 6.45) is 0.321. The molecule has 1 aliphatic rings. The van der Waals surface area contributed by atoms with Gasteiger partial charge in [0.25, 0.3) is 0 Å². The largest absolute Gasteiger partial charge is 0.444 e. The summed E-state index contributed by atoms with van der Waals surface area (Å²) in [4.78, 5) is 14.5. The molecule has 6 heteroatoms. The minimum atomic E-state index is -0.572. The summed E-state index contributed by atoms with van der Waals surface area (Å²) < 4.78 is 24.8. The molecule has 0 saturated carbocycles. The first-order valence-corrected chi connectivity index (χ1v) is 9.95. The lowest BCUT2D eigenvalue weighted by atomic mass is 10.1. The molecule has 0 radical (unpaired) electrons. The number of nitrogens with zero attached hydrogens (tertiary/aromatic N) is 1. The highest BCUT2D eigenvalue weighted by molar-refractivity contribution is 5.68. The number of hydrogen-bond acceptors (Lipinski definition) is 4. The van der Waals surface area contributed by atoms with Crippen molar-refractivity contribution in [2.45, 2.75) is 45.4 Å². The molecule has 156 valence electrons. The van der Waals surface area contributed by atoms with Gasteiger partial charge in [-0.25, -0.2) is 9.18 Å². The van der Waals surface area contributed by atoms with E-state index in [-0.39, 0.29) is 11.9 Å². The van der Waals surface area contributed by atoms with Crippen LogP contribution in [0.15, 0.2) is 48.5 Å². The lowest BCUT2D eigenvalue weighted by molar-refractivity contribution is 0.0434. The Hall–Kier alpha value is -2.60. The van der Waals surface area contributed by atoms with Crippen LogP contribution < -0.4 is 10.2 Å². The average Bonchev–Trinajstić information content (AvgIpc) is 3.02. The lowest BCUT2D eigenvalue weighted by Gasteiger charge is -2.28. The minimum Gasteiger partial charge on any atom is -0.444 e.